The van der Waals surface area contributed by atoms with Crippen molar-refractivity contribution >= 4 is 31.1 Å². The number of nitrogens with one attached hydrogen (secondary N) is 2. The number of aromatic nitrogens is 3. The lowest BCUT2D eigenvalue weighted by Gasteiger charge is -2.15. The summed E-state index contributed by atoms with van der Waals surface area (Å²) in [5.74, 6) is 0.620. The van der Waals surface area contributed by atoms with E-state index in [1.807, 2.05) is 36.6 Å². The highest BCUT2D eigenvalue weighted by atomic mass is 28.3. The molecule has 2 aromatic heterocycles. The number of hydrogen-bond acceptors (Lipinski definition) is 6. The molecule has 37 heavy (non-hydrogen) atoms. The molecular formula is C27H37N5O4Si. The third kappa shape index (κ3) is 6.75. The Morgan fingerprint density at radius 3 is 2.73 bits per heavy atom. The van der Waals surface area contributed by atoms with Gasteiger partial charge in [-0.2, -0.15) is 0 Å². The summed E-state index contributed by atoms with van der Waals surface area (Å²) >= 11 is 0. The molecule has 0 unspecified atom stereocenters. The van der Waals surface area contributed by atoms with Crippen molar-refractivity contribution in [3.05, 3.63) is 47.3 Å². The van der Waals surface area contributed by atoms with E-state index in [2.05, 4.69) is 40.2 Å². The maximum absolute atomic E-state index is 13.0. The summed E-state index contributed by atoms with van der Waals surface area (Å²) in [7, 11) is -1.21. The van der Waals surface area contributed by atoms with Gasteiger partial charge in [0.05, 0.1) is 17.8 Å². The minimum Gasteiger partial charge on any atom is -0.437 e. The molecule has 1 aliphatic rings. The first-order valence-electron chi connectivity index (χ1n) is 12.8. The number of ether oxygens (including phenoxy) is 2. The molecule has 2 heterocycles. The lowest BCUT2D eigenvalue weighted by Crippen LogP contribution is -2.30. The Labute approximate surface area is 219 Å². The van der Waals surface area contributed by atoms with E-state index in [4.69, 9.17) is 9.47 Å². The van der Waals surface area contributed by atoms with Crippen molar-refractivity contribution in [1.29, 1.82) is 0 Å². The van der Waals surface area contributed by atoms with Crippen molar-refractivity contribution in [2.75, 3.05) is 6.61 Å². The first-order chi connectivity index (χ1) is 17.5. The number of nitrogens with zero attached hydrogens (tertiary/aromatic N) is 3. The van der Waals surface area contributed by atoms with Gasteiger partial charge in [0.25, 0.3) is 5.91 Å². The summed E-state index contributed by atoms with van der Waals surface area (Å²) in [4.78, 5) is 33.8. The van der Waals surface area contributed by atoms with E-state index in [0.717, 1.165) is 24.4 Å². The number of aryl methyl sites for hydroxylation is 1. The molecule has 198 valence electrons. The van der Waals surface area contributed by atoms with Crippen LogP contribution in [0.2, 0.25) is 25.7 Å². The van der Waals surface area contributed by atoms with Crippen LogP contribution in [-0.2, 0) is 22.7 Å². The van der Waals surface area contributed by atoms with Crippen molar-refractivity contribution in [1.82, 2.24) is 25.2 Å². The highest BCUT2D eigenvalue weighted by Gasteiger charge is 2.24. The van der Waals surface area contributed by atoms with Gasteiger partial charge in [-0.05, 0) is 56.0 Å². The molecule has 3 aromatic rings. The van der Waals surface area contributed by atoms with Crippen molar-refractivity contribution in [3.63, 3.8) is 0 Å². The van der Waals surface area contributed by atoms with E-state index >= 15 is 0 Å². The van der Waals surface area contributed by atoms with Crippen LogP contribution in [0.3, 0.4) is 0 Å². The standard InChI is InChI=1S/C27H37N5O4Si/c1-17(2)29-27(34)22-15-32(16-35-11-12-37(4,5)6)26-25(22)31-24(14-28-26)36-20-9-7-19-8-10-23(21(19)13-20)30-18(3)33/h7,9,13-15,17,23H,8,10-12,16H2,1-6H3,(H,29,34)(H,30,33)/t23-/m0/s1. The Morgan fingerprint density at radius 2 is 2.03 bits per heavy atom. The van der Waals surface area contributed by atoms with Gasteiger partial charge in [0, 0.05) is 33.8 Å². The van der Waals surface area contributed by atoms with E-state index < -0.39 is 8.07 Å². The minimum absolute atomic E-state index is 0.0192. The van der Waals surface area contributed by atoms with Crippen LogP contribution < -0.4 is 15.4 Å². The first kappa shape index (κ1) is 26.8. The highest BCUT2D eigenvalue weighted by Crippen LogP contribution is 2.35. The molecule has 0 saturated heterocycles. The Hall–Kier alpha value is -3.24. The summed E-state index contributed by atoms with van der Waals surface area (Å²) in [6.45, 7) is 13.2. The van der Waals surface area contributed by atoms with Crippen LogP contribution in [0, 0.1) is 0 Å². The molecule has 2 N–H and O–H groups in total. The highest BCUT2D eigenvalue weighted by molar-refractivity contribution is 6.76. The predicted molar refractivity (Wildman–Crippen MR) is 146 cm³/mol. The van der Waals surface area contributed by atoms with Gasteiger partial charge >= 0.3 is 0 Å². The van der Waals surface area contributed by atoms with Crippen molar-refractivity contribution < 1.29 is 19.1 Å². The molecule has 9 nitrogen and oxygen atoms in total. The van der Waals surface area contributed by atoms with Gasteiger partial charge in [-0.3, -0.25) is 9.59 Å². The number of carbonyl (C=O) groups is 2. The molecule has 0 radical (unpaired) electrons. The van der Waals surface area contributed by atoms with E-state index in [0.29, 0.717) is 35.8 Å². The van der Waals surface area contributed by atoms with Gasteiger partial charge in [-0.15, -0.1) is 0 Å². The third-order valence-corrected chi connectivity index (χ3v) is 7.93. The monoisotopic (exact) mass is 523 g/mol. The average molecular weight is 524 g/mol. The molecular weight excluding hydrogens is 486 g/mol. The third-order valence-electron chi connectivity index (χ3n) is 6.23. The number of hydrogen-bond donors (Lipinski definition) is 2. The maximum Gasteiger partial charge on any atom is 0.255 e. The van der Waals surface area contributed by atoms with Crippen LogP contribution >= 0.6 is 0 Å². The second kappa shape index (κ2) is 11.0. The largest absolute Gasteiger partial charge is 0.437 e. The lowest BCUT2D eigenvalue weighted by molar-refractivity contribution is -0.119. The SMILES string of the molecule is CC(=O)N[C@H]1CCc2ccc(Oc3cnc4c(n3)c(C(=O)NC(C)C)cn4COCC[Si](C)(C)C)cc21. The Bertz CT molecular complexity index is 1300. The molecule has 2 amide bonds. The molecule has 10 heteroatoms. The summed E-state index contributed by atoms with van der Waals surface area (Å²) in [6, 6.07) is 6.87. The molecule has 0 bridgehead atoms. The molecule has 1 aromatic carbocycles. The Balaban J connectivity index is 1.59. The van der Waals surface area contributed by atoms with Crippen LogP contribution in [-0.4, -0.2) is 47.1 Å². The Kier molecular flexibility index (Phi) is 7.98. The molecule has 0 fully saturated rings. The van der Waals surface area contributed by atoms with Crippen LogP contribution in [0.25, 0.3) is 11.2 Å². The van der Waals surface area contributed by atoms with E-state index in [1.54, 1.807) is 12.4 Å². The summed E-state index contributed by atoms with van der Waals surface area (Å²) < 4.78 is 13.8. The second-order valence-electron chi connectivity index (χ2n) is 11.1. The number of amides is 2. The quantitative estimate of drug-likeness (QED) is 0.292. The predicted octanol–water partition coefficient (Wildman–Crippen LogP) is 4.80. The molecule has 4 rings (SSSR count). The smallest absolute Gasteiger partial charge is 0.255 e. The number of rotatable bonds is 10. The molecule has 0 saturated carbocycles. The first-order valence-corrected chi connectivity index (χ1v) is 16.5. The zero-order valence-electron chi connectivity index (χ0n) is 22.6. The van der Waals surface area contributed by atoms with Gasteiger partial charge in [-0.1, -0.05) is 25.7 Å². The topological polar surface area (TPSA) is 107 Å². The van der Waals surface area contributed by atoms with Gasteiger partial charge < -0.3 is 24.7 Å². The summed E-state index contributed by atoms with van der Waals surface area (Å²) in [6.07, 6.45) is 5.08. The van der Waals surface area contributed by atoms with Crippen molar-refractivity contribution in [2.45, 2.75) is 78.1 Å². The van der Waals surface area contributed by atoms with E-state index in [1.165, 1.54) is 12.5 Å². The van der Waals surface area contributed by atoms with Crippen LogP contribution in [0.4, 0.5) is 0 Å². The van der Waals surface area contributed by atoms with Crippen LogP contribution in [0.1, 0.15) is 54.7 Å². The van der Waals surface area contributed by atoms with E-state index in [9.17, 15) is 9.59 Å². The molecule has 1 atom stereocenters. The second-order valence-corrected chi connectivity index (χ2v) is 16.7. The lowest BCUT2D eigenvalue weighted by atomic mass is 10.1. The zero-order valence-corrected chi connectivity index (χ0v) is 23.6. The van der Waals surface area contributed by atoms with Gasteiger partial charge in [0.2, 0.25) is 11.8 Å². The summed E-state index contributed by atoms with van der Waals surface area (Å²) in [5.41, 5.74) is 3.71. The minimum atomic E-state index is -1.21. The maximum atomic E-state index is 13.0. The fourth-order valence-electron chi connectivity index (χ4n) is 4.39. The molecule has 0 aliphatic heterocycles. The number of benzene rings is 1. The molecule has 1 aliphatic carbocycles. The van der Waals surface area contributed by atoms with E-state index in [-0.39, 0.29) is 29.8 Å². The van der Waals surface area contributed by atoms with Crippen LogP contribution in [0.5, 0.6) is 11.6 Å². The zero-order chi connectivity index (χ0) is 26.7. The number of fused-ring (bicyclic) bond motifs is 2. The van der Waals surface area contributed by atoms with Gasteiger partial charge in [0.1, 0.15) is 18.0 Å². The van der Waals surface area contributed by atoms with Crippen LogP contribution in [0.15, 0.2) is 30.6 Å². The van der Waals surface area contributed by atoms with Gasteiger partial charge in [0.15, 0.2) is 5.65 Å². The number of carbonyl (C=O) groups excluding carboxylic acids is 2. The average Bonchev–Trinajstić information content (AvgIpc) is 3.36. The molecule has 0 spiro atoms. The summed E-state index contributed by atoms with van der Waals surface area (Å²) in [5, 5.41) is 5.94. The van der Waals surface area contributed by atoms with Crippen molar-refractivity contribution in [2.24, 2.45) is 0 Å². The fraction of sp³-hybridized carbons (Fsp3) is 0.481. The van der Waals surface area contributed by atoms with Crippen molar-refractivity contribution in [3.8, 4) is 11.6 Å². The van der Waals surface area contributed by atoms with Gasteiger partial charge in [-0.25, -0.2) is 9.97 Å². The fourth-order valence-corrected chi connectivity index (χ4v) is 5.15. The Morgan fingerprint density at radius 1 is 1.24 bits per heavy atom. The normalized spacial score (nSPS) is 15.2.